The Morgan fingerprint density at radius 2 is 1.70 bits per heavy atom. The number of allylic oxidation sites excluding steroid dienone is 1. The molecule has 0 aliphatic carbocycles. The second kappa shape index (κ2) is 10.4. The normalized spacial score (nSPS) is 17.4. The Bertz CT molecular complexity index is 852. The van der Waals surface area contributed by atoms with Crippen molar-refractivity contribution < 1.29 is 4.74 Å². The zero-order valence-corrected chi connectivity index (χ0v) is 18.1. The molecule has 1 fully saturated rings. The monoisotopic (exact) mass is 403 g/mol. The van der Waals surface area contributed by atoms with E-state index in [1.807, 2.05) is 0 Å². The number of hydrazone groups is 1. The summed E-state index contributed by atoms with van der Waals surface area (Å²) in [5.41, 5.74) is 4.76. The van der Waals surface area contributed by atoms with Gasteiger partial charge in [-0.15, -0.1) is 0 Å². The Morgan fingerprint density at radius 1 is 0.933 bits per heavy atom. The molecule has 0 saturated carbocycles. The third kappa shape index (κ3) is 5.96. The Hall–Kier alpha value is -2.59. The fourth-order valence-corrected chi connectivity index (χ4v) is 4.19. The van der Waals surface area contributed by atoms with Crippen molar-refractivity contribution in [2.75, 3.05) is 32.8 Å². The van der Waals surface area contributed by atoms with Crippen molar-refractivity contribution in [3.05, 3.63) is 77.4 Å². The lowest BCUT2D eigenvalue weighted by atomic mass is 10.1. The number of hydrogen-bond acceptors (Lipinski definition) is 4. The predicted molar refractivity (Wildman–Crippen MR) is 124 cm³/mol. The van der Waals surface area contributed by atoms with Gasteiger partial charge in [-0.1, -0.05) is 42.3 Å². The number of piperidine rings is 1. The van der Waals surface area contributed by atoms with E-state index in [1.165, 1.54) is 43.5 Å². The zero-order valence-electron chi connectivity index (χ0n) is 18.1. The molecule has 0 spiro atoms. The van der Waals surface area contributed by atoms with Crippen LogP contribution in [0.3, 0.4) is 0 Å². The number of benzene rings is 2. The Balaban J connectivity index is 1.30. The van der Waals surface area contributed by atoms with Crippen molar-refractivity contribution in [1.29, 1.82) is 0 Å². The van der Waals surface area contributed by atoms with Crippen molar-refractivity contribution in [3.63, 3.8) is 0 Å². The highest BCUT2D eigenvalue weighted by atomic mass is 16.5. The Kier molecular flexibility index (Phi) is 7.20. The SMILES string of the molecule is CC1=CC(c2ccc(OCCCN3CCCCC3)cc2)=NN(Cc2ccccc2)C1. The highest BCUT2D eigenvalue weighted by Crippen LogP contribution is 2.19. The van der Waals surface area contributed by atoms with E-state index in [2.05, 4.69) is 77.5 Å². The molecule has 2 aromatic carbocycles. The van der Waals surface area contributed by atoms with Gasteiger partial charge >= 0.3 is 0 Å². The third-order valence-electron chi connectivity index (χ3n) is 5.76. The summed E-state index contributed by atoms with van der Waals surface area (Å²) in [7, 11) is 0. The fraction of sp³-hybridized carbons (Fsp3) is 0.423. The molecular weight excluding hydrogens is 370 g/mol. The maximum Gasteiger partial charge on any atom is 0.119 e. The fourth-order valence-electron chi connectivity index (χ4n) is 4.19. The van der Waals surface area contributed by atoms with E-state index < -0.39 is 0 Å². The zero-order chi connectivity index (χ0) is 20.6. The first kappa shape index (κ1) is 20.7. The van der Waals surface area contributed by atoms with E-state index in [0.717, 1.165) is 49.7 Å². The largest absolute Gasteiger partial charge is 0.494 e. The maximum atomic E-state index is 5.97. The summed E-state index contributed by atoms with van der Waals surface area (Å²) < 4.78 is 5.97. The molecule has 2 heterocycles. The standard InChI is InChI=1S/C26H33N3O/c1-22-19-26(27-29(20-22)21-23-9-4-2-5-10-23)24-11-13-25(14-12-24)30-18-8-17-28-15-6-3-7-16-28/h2,4-5,9-14,19H,3,6-8,15-18,20-21H2,1H3. The van der Waals surface area contributed by atoms with Crippen LogP contribution in [0, 0.1) is 0 Å². The highest BCUT2D eigenvalue weighted by molar-refractivity contribution is 6.09. The van der Waals surface area contributed by atoms with E-state index in [1.54, 1.807) is 0 Å². The summed E-state index contributed by atoms with van der Waals surface area (Å²) in [5.74, 6) is 0.940. The van der Waals surface area contributed by atoms with Crippen molar-refractivity contribution in [2.45, 2.75) is 39.2 Å². The van der Waals surface area contributed by atoms with Gasteiger partial charge in [0.1, 0.15) is 5.75 Å². The maximum absolute atomic E-state index is 5.97. The van der Waals surface area contributed by atoms with Crippen LogP contribution in [-0.2, 0) is 6.54 Å². The number of likely N-dealkylation sites (tertiary alicyclic amines) is 1. The number of nitrogens with zero attached hydrogens (tertiary/aromatic N) is 3. The number of rotatable bonds is 8. The minimum Gasteiger partial charge on any atom is -0.494 e. The summed E-state index contributed by atoms with van der Waals surface area (Å²) in [6, 6.07) is 18.9. The highest BCUT2D eigenvalue weighted by Gasteiger charge is 2.13. The van der Waals surface area contributed by atoms with Crippen LogP contribution in [0.1, 0.15) is 43.7 Å². The average molecular weight is 404 g/mol. The lowest BCUT2D eigenvalue weighted by Gasteiger charge is -2.26. The van der Waals surface area contributed by atoms with E-state index in [9.17, 15) is 0 Å². The molecule has 0 radical (unpaired) electrons. The van der Waals surface area contributed by atoms with Crippen LogP contribution in [0.2, 0.25) is 0 Å². The summed E-state index contributed by atoms with van der Waals surface area (Å²) >= 11 is 0. The molecule has 4 heteroatoms. The van der Waals surface area contributed by atoms with Gasteiger partial charge in [-0.05, 0) is 75.2 Å². The van der Waals surface area contributed by atoms with Gasteiger partial charge in [-0.2, -0.15) is 5.10 Å². The smallest absolute Gasteiger partial charge is 0.119 e. The topological polar surface area (TPSA) is 28.1 Å². The van der Waals surface area contributed by atoms with Crippen LogP contribution in [0.25, 0.3) is 0 Å². The van der Waals surface area contributed by atoms with E-state index in [4.69, 9.17) is 9.84 Å². The molecule has 0 atom stereocenters. The van der Waals surface area contributed by atoms with Gasteiger partial charge in [0.2, 0.25) is 0 Å². The van der Waals surface area contributed by atoms with Crippen LogP contribution >= 0.6 is 0 Å². The molecule has 0 amide bonds. The van der Waals surface area contributed by atoms with Crippen molar-refractivity contribution in [1.82, 2.24) is 9.91 Å². The summed E-state index contributed by atoms with van der Waals surface area (Å²) in [5, 5.41) is 7.03. The van der Waals surface area contributed by atoms with Gasteiger partial charge in [-0.25, -0.2) is 0 Å². The molecule has 0 unspecified atom stereocenters. The molecule has 1 saturated heterocycles. The van der Waals surface area contributed by atoms with Crippen LogP contribution in [0.4, 0.5) is 0 Å². The van der Waals surface area contributed by atoms with Crippen LogP contribution in [0.5, 0.6) is 5.75 Å². The third-order valence-corrected chi connectivity index (χ3v) is 5.76. The van der Waals surface area contributed by atoms with Crippen LogP contribution < -0.4 is 4.74 Å². The van der Waals surface area contributed by atoms with Gasteiger partial charge in [0, 0.05) is 12.1 Å². The lowest BCUT2D eigenvalue weighted by molar-refractivity contribution is 0.205. The number of hydrogen-bond donors (Lipinski definition) is 0. The van der Waals surface area contributed by atoms with Gasteiger partial charge < -0.3 is 9.64 Å². The summed E-state index contributed by atoms with van der Waals surface area (Å²) in [6.07, 6.45) is 7.37. The molecule has 4 nitrogen and oxygen atoms in total. The predicted octanol–water partition coefficient (Wildman–Crippen LogP) is 5.11. The second-order valence-corrected chi connectivity index (χ2v) is 8.41. The van der Waals surface area contributed by atoms with E-state index >= 15 is 0 Å². The molecule has 30 heavy (non-hydrogen) atoms. The second-order valence-electron chi connectivity index (χ2n) is 8.41. The van der Waals surface area contributed by atoms with Crippen molar-refractivity contribution in [2.24, 2.45) is 5.10 Å². The first-order valence-electron chi connectivity index (χ1n) is 11.3. The molecule has 0 aromatic heterocycles. The van der Waals surface area contributed by atoms with Crippen molar-refractivity contribution >= 4 is 5.71 Å². The minimum atomic E-state index is 0.778. The molecule has 0 N–H and O–H groups in total. The lowest BCUT2D eigenvalue weighted by Crippen LogP contribution is -2.31. The van der Waals surface area contributed by atoms with Gasteiger partial charge in [-0.3, -0.25) is 5.01 Å². The van der Waals surface area contributed by atoms with E-state index in [-0.39, 0.29) is 0 Å². The average Bonchev–Trinajstić information content (AvgIpc) is 2.78. The van der Waals surface area contributed by atoms with E-state index in [0.29, 0.717) is 0 Å². The summed E-state index contributed by atoms with van der Waals surface area (Å²) in [6.45, 7) is 8.31. The Morgan fingerprint density at radius 3 is 2.47 bits per heavy atom. The first-order chi connectivity index (χ1) is 14.8. The molecule has 4 rings (SSSR count). The van der Waals surface area contributed by atoms with Crippen molar-refractivity contribution in [3.8, 4) is 5.75 Å². The molecule has 2 aliphatic rings. The Labute approximate surface area is 180 Å². The van der Waals surface area contributed by atoms with Gasteiger partial charge in [0.15, 0.2) is 0 Å². The molecule has 158 valence electrons. The molecule has 0 bridgehead atoms. The summed E-state index contributed by atoms with van der Waals surface area (Å²) in [4.78, 5) is 2.56. The van der Waals surface area contributed by atoms with Gasteiger partial charge in [0.05, 0.1) is 25.4 Å². The first-order valence-corrected chi connectivity index (χ1v) is 11.3. The van der Waals surface area contributed by atoms with Crippen LogP contribution in [-0.4, -0.2) is 48.4 Å². The number of ether oxygens (including phenoxy) is 1. The molecule has 2 aliphatic heterocycles. The minimum absolute atomic E-state index is 0.778. The molecular formula is C26H33N3O. The quantitative estimate of drug-likeness (QED) is 0.574. The van der Waals surface area contributed by atoms with Crippen LogP contribution in [0.15, 0.2) is 71.3 Å². The molecule has 2 aromatic rings. The van der Waals surface area contributed by atoms with Gasteiger partial charge in [0.25, 0.3) is 0 Å².